The van der Waals surface area contributed by atoms with Gasteiger partial charge in [0.2, 0.25) is 0 Å². The van der Waals surface area contributed by atoms with E-state index in [0.717, 1.165) is 22.3 Å². The summed E-state index contributed by atoms with van der Waals surface area (Å²) in [5.41, 5.74) is 0.465. The molecule has 0 radical (unpaired) electrons. The van der Waals surface area contributed by atoms with Crippen LogP contribution in [0.2, 0.25) is 5.02 Å². The number of aromatic nitrogens is 1. The third-order valence-electron chi connectivity index (χ3n) is 3.25. The fourth-order valence-electron chi connectivity index (χ4n) is 2.19. The number of fused-ring (bicyclic) bond motifs is 1. The van der Waals surface area contributed by atoms with Gasteiger partial charge < -0.3 is 4.57 Å². The lowest BCUT2D eigenvalue weighted by Crippen LogP contribution is -2.17. The zero-order valence-corrected chi connectivity index (χ0v) is 13.7. The molecule has 0 spiro atoms. The summed E-state index contributed by atoms with van der Waals surface area (Å²) in [6.07, 6.45) is 5.37. The highest BCUT2D eigenvalue weighted by atomic mass is 35.5. The summed E-state index contributed by atoms with van der Waals surface area (Å²) in [6, 6.07) is 7.92. The van der Waals surface area contributed by atoms with E-state index in [0.29, 0.717) is 15.9 Å². The first-order valence-corrected chi connectivity index (χ1v) is 7.95. The normalized spacial score (nSPS) is 11.7. The lowest BCUT2D eigenvalue weighted by atomic mass is 10.2. The Kier molecular flexibility index (Phi) is 4.47. The Bertz CT molecular complexity index is 1060. The van der Waals surface area contributed by atoms with E-state index in [1.165, 1.54) is 11.3 Å². The minimum atomic E-state index is -0.962. The third kappa shape index (κ3) is 3.09. The number of hydrogen-bond donors (Lipinski definition) is 0. The molecule has 0 saturated carbocycles. The van der Waals surface area contributed by atoms with E-state index in [-0.39, 0.29) is 12.1 Å². The topological polar surface area (TPSA) is 34.4 Å². The minimum absolute atomic E-state index is 0.194. The molecule has 0 aliphatic carbocycles. The Morgan fingerprint density at radius 3 is 2.79 bits per heavy atom. The van der Waals surface area contributed by atoms with Crippen molar-refractivity contribution in [1.29, 1.82) is 0 Å². The number of rotatable bonds is 2. The van der Waals surface area contributed by atoms with Crippen molar-refractivity contribution in [2.24, 2.45) is 4.99 Å². The highest BCUT2D eigenvalue weighted by Gasteiger charge is 2.13. The van der Waals surface area contributed by atoms with Gasteiger partial charge in [-0.25, -0.2) is 8.78 Å². The van der Waals surface area contributed by atoms with Crippen molar-refractivity contribution < 1.29 is 13.6 Å². The Morgan fingerprint density at radius 1 is 1.29 bits per heavy atom. The van der Waals surface area contributed by atoms with Crippen LogP contribution in [0, 0.1) is 24.0 Å². The number of halogens is 3. The highest BCUT2D eigenvalue weighted by Crippen LogP contribution is 2.22. The van der Waals surface area contributed by atoms with Crippen LogP contribution in [0.15, 0.2) is 41.4 Å². The second kappa shape index (κ2) is 6.56. The molecule has 1 amide bonds. The van der Waals surface area contributed by atoms with Gasteiger partial charge >= 0.3 is 0 Å². The van der Waals surface area contributed by atoms with Crippen LogP contribution < -0.4 is 4.80 Å². The molecule has 2 aromatic carbocycles. The van der Waals surface area contributed by atoms with Crippen molar-refractivity contribution in [3.63, 3.8) is 0 Å². The van der Waals surface area contributed by atoms with E-state index >= 15 is 0 Å². The van der Waals surface area contributed by atoms with Crippen LogP contribution in [0.5, 0.6) is 0 Å². The highest BCUT2D eigenvalue weighted by molar-refractivity contribution is 7.16. The van der Waals surface area contributed by atoms with Crippen molar-refractivity contribution in [3.8, 4) is 12.3 Å². The molecule has 0 fully saturated rings. The summed E-state index contributed by atoms with van der Waals surface area (Å²) in [6.45, 7) is 0.194. The second-order valence-corrected chi connectivity index (χ2v) is 6.27. The quantitative estimate of drug-likeness (QED) is 0.634. The zero-order chi connectivity index (χ0) is 17.3. The number of thiazole rings is 1. The van der Waals surface area contributed by atoms with E-state index in [9.17, 15) is 13.6 Å². The monoisotopic (exact) mass is 362 g/mol. The van der Waals surface area contributed by atoms with E-state index in [2.05, 4.69) is 10.9 Å². The predicted octanol–water partition coefficient (Wildman–Crippen LogP) is 4.01. The molecular weight excluding hydrogens is 354 g/mol. The fourth-order valence-corrected chi connectivity index (χ4v) is 3.49. The van der Waals surface area contributed by atoms with Gasteiger partial charge in [-0.15, -0.1) is 6.42 Å². The fraction of sp³-hybridized carbons (Fsp3) is 0.0588. The molecule has 120 valence electrons. The van der Waals surface area contributed by atoms with Crippen molar-refractivity contribution in [3.05, 3.63) is 63.4 Å². The maximum absolute atomic E-state index is 13.7. The van der Waals surface area contributed by atoms with Gasteiger partial charge in [0.15, 0.2) is 4.80 Å². The Hall–Kier alpha value is -2.49. The summed E-state index contributed by atoms with van der Waals surface area (Å²) in [5, 5.41) is 0.541. The zero-order valence-electron chi connectivity index (χ0n) is 12.1. The van der Waals surface area contributed by atoms with Gasteiger partial charge in [0.25, 0.3) is 5.91 Å². The van der Waals surface area contributed by atoms with Crippen molar-refractivity contribution in [2.45, 2.75) is 6.54 Å². The molecule has 3 aromatic rings. The molecule has 0 unspecified atom stereocenters. The summed E-state index contributed by atoms with van der Waals surface area (Å²) in [4.78, 5) is 16.5. The Labute approximate surface area is 144 Å². The average Bonchev–Trinajstić information content (AvgIpc) is 2.84. The molecular formula is C17H9ClF2N2OS. The number of amides is 1. The van der Waals surface area contributed by atoms with Crippen LogP contribution in [0.4, 0.5) is 8.78 Å². The summed E-state index contributed by atoms with van der Waals surface area (Å²) in [5.74, 6) is -0.0413. The number of benzene rings is 2. The van der Waals surface area contributed by atoms with Crippen LogP contribution >= 0.6 is 22.9 Å². The number of terminal acetylenes is 1. The Balaban J connectivity index is 2.17. The lowest BCUT2D eigenvalue weighted by molar-refractivity contribution is 0.0994. The van der Waals surface area contributed by atoms with Gasteiger partial charge in [-0.05, 0) is 30.3 Å². The number of carbonyl (C=O) groups is 1. The van der Waals surface area contributed by atoms with E-state index < -0.39 is 17.5 Å². The first-order chi connectivity index (χ1) is 11.5. The molecule has 0 aliphatic rings. The first-order valence-electron chi connectivity index (χ1n) is 6.76. The molecule has 3 nitrogen and oxygen atoms in total. The van der Waals surface area contributed by atoms with Crippen molar-refractivity contribution in [2.75, 3.05) is 0 Å². The van der Waals surface area contributed by atoms with Crippen molar-refractivity contribution >= 4 is 39.1 Å². The maximum Gasteiger partial charge on any atom is 0.282 e. The van der Waals surface area contributed by atoms with E-state index in [1.807, 2.05) is 0 Å². The molecule has 3 rings (SSSR count). The van der Waals surface area contributed by atoms with Gasteiger partial charge in [-0.1, -0.05) is 28.9 Å². The summed E-state index contributed by atoms with van der Waals surface area (Å²) >= 11 is 7.18. The molecule has 0 N–H and O–H groups in total. The van der Waals surface area contributed by atoms with Gasteiger partial charge in [-0.3, -0.25) is 4.79 Å². The first kappa shape index (κ1) is 16.4. The molecule has 0 saturated heterocycles. The number of hydrogen-bond acceptors (Lipinski definition) is 2. The van der Waals surface area contributed by atoms with Gasteiger partial charge in [0, 0.05) is 11.1 Å². The van der Waals surface area contributed by atoms with Crippen LogP contribution in [0.1, 0.15) is 10.4 Å². The number of nitrogens with zero attached hydrogens (tertiary/aromatic N) is 2. The van der Waals surface area contributed by atoms with Gasteiger partial charge in [0.1, 0.15) is 11.6 Å². The summed E-state index contributed by atoms with van der Waals surface area (Å²) < 4.78 is 29.2. The van der Waals surface area contributed by atoms with Crippen LogP contribution in [-0.4, -0.2) is 10.5 Å². The molecule has 0 bridgehead atoms. The van der Waals surface area contributed by atoms with Crippen LogP contribution in [0.25, 0.3) is 10.2 Å². The van der Waals surface area contributed by atoms with E-state index in [1.54, 1.807) is 22.8 Å². The predicted molar refractivity (Wildman–Crippen MR) is 89.9 cm³/mol. The summed E-state index contributed by atoms with van der Waals surface area (Å²) in [7, 11) is 0. The van der Waals surface area contributed by atoms with Crippen molar-refractivity contribution in [1.82, 2.24) is 4.57 Å². The molecule has 0 atom stereocenters. The lowest BCUT2D eigenvalue weighted by Gasteiger charge is -2.00. The molecule has 1 aromatic heterocycles. The molecule has 1 heterocycles. The molecule has 0 aliphatic heterocycles. The van der Waals surface area contributed by atoms with Gasteiger partial charge in [0.05, 0.1) is 22.3 Å². The van der Waals surface area contributed by atoms with Crippen LogP contribution in [0.3, 0.4) is 0 Å². The largest absolute Gasteiger partial charge is 0.305 e. The average molecular weight is 363 g/mol. The third-order valence-corrected chi connectivity index (χ3v) is 4.53. The second-order valence-electron chi connectivity index (χ2n) is 4.83. The molecule has 24 heavy (non-hydrogen) atoms. The smallest absolute Gasteiger partial charge is 0.282 e. The van der Waals surface area contributed by atoms with Crippen LogP contribution in [-0.2, 0) is 6.54 Å². The SMILES string of the molecule is C#CCn1c(=NC(=O)c2ccc(F)cc2F)sc2cc(Cl)ccc21. The van der Waals surface area contributed by atoms with E-state index in [4.69, 9.17) is 18.0 Å². The minimum Gasteiger partial charge on any atom is -0.305 e. The standard InChI is InChI=1S/C17H9ClF2N2OS/c1-2-7-22-14-6-3-10(18)8-15(14)24-17(22)21-16(23)12-5-4-11(19)9-13(12)20/h1,3-6,8-9H,7H2. The number of carbonyl (C=O) groups excluding carboxylic acids is 1. The Morgan fingerprint density at radius 2 is 2.08 bits per heavy atom. The van der Waals surface area contributed by atoms with Gasteiger partial charge in [-0.2, -0.15) is 4.99 Å². The maximum atomic E-state index is 13.7. The molecule has 7 heteroatoms.